The molecule has 116 valence electrons. The Morgan fingerprint density at radius 3 is 2.35 bits per heavy atom. The maximum absolute atomic E-state index is 12.3. The Morgan fingerprint density at radius 1 is 1.05 bits per heavy atom. The number of nitrogens with one attached hydrogen (secondary N) is 1. The summed E-state index contributed by atoms with van der Waals surface area (Å²) >= 11 is 0. The third-order valence-electron chi connectivity index (χ3n) is 4.51. The van der Waals surface area contributed by atoms with Gasteiger partial charge in [0.1, 0.15) is 0 Å². The summed E-state index contributed by atoms with van der Waals surface area (Å²) in [5, 5.41) is 3.39. The van der Waals surface area contributed by atoms with Crippen molar-refractivity contribution in [2.45, 2.75) is 32.2 Å². The molecule has 1 unspecified atom stereocenters. The van der Waals surface area contributed by atoms with E-state index in [9.17, 15) is 4.79 Å². The molecular weight excluding hydrogens is 252 g/mol. The van der Waals surface area contributed by atoms with Crippen molar-refractivity contribution in [3.63, 3.8) is 0 Å². The van der Waals surface area contributed by atoms with Crippen molar-refractivity contribution in [2.24, 2.45) is 0 Å². The fraction of sp³-hybridized carbons (Fsp3) is 0.933. The molecule has 2 fully saturated rings. The van der Waals surface area contributed by atoms with Crippen molar-refractivity contribution >= 4 is 5.91 Å². The summed E-state index contributed by atoms with van der Waals surface area (Å²) in [5.74, 6) is 0.281. The number of carbonyl (C=O) groups is 1. The number of likely N-dealkylation sites (tertiary alicyclic amines) is 1. The maximum atomic E-state index is 12.3. The second-order valence-corrected chi connectivity index (χ2v) is 6.21. The number of hydrogen-bond donors (Lipinski definition) is 1. The van der Waals surface area contributed by atoms with Gasteiger partial charge in [0.05, 0.1) is 6.04 Å². The topological polar surface area (TPSA) is 38.8 Å². The number of likely N-dealkylation sites (N-methyl/N-ethyl adjacent to an activating group) is 1. The van der Waals surface area contributed by atoms with Gasteiger partial charge in [-0.15, -0.1) is 0 Å². The van der Waals surface area contributed by atoms with Gasteiger partial charge in [0.25, 0.3) is 0 Å². The number of piperidine rings is 1. The molecule has 0 bridgehead atoms. The fourth-order valence-electron chi connectivity index (χ4n) is 2.99. The molecule has 5 heteroatoms. The van der Waals surface area contributed by atoms with Crippen LogP contribution in [0.4, 0.5) is 0 Å². The average molecular weight is 282 g/mol. The van der Waals surface area contributed by atoms with E-state index in [2.05, 4.69) is 22.2 Å². The Balaban J connectivity index is 1.61. The average Bonchev–Trinajstić information content (AvgIpc) is 2.49. The van der Waals surface area contributed by atoms with E-state index < -0.39 is 0 Å². The molecule has 0 saturated carbocycles. The maximum Gasteiger partial charge on any atom is 0.239 e. The van der Waals surface area contributed by atoms with Gasteiger partial charge in [-0.2, -0.15) is 0 Å². The molecule has 0 aliphatic carbocycles. The number of amides is 1. The molecule has 0 aromatic rings. The van der Waals surface area contributed by atoms with Crippen LogP contribution in [0.1, 0.15) is 26.2 Å². The first kappa shape index (κ1) is 15.7. The molecule has 5 nitrogen and oxygen atoms in total. The Hall–Kier alpha value is -0.650. The Morgan fingerprint density at radius 2 is 1.70 bits per heavy atom. The van der Waals surface area contributed by atoms with Crippen LogP contribution in [0.5, 0.6) is 0 Å². The lowest BCUT2D eigenvalue weighted by Gasteiger charge is -2.33. The van der Waals surface area contributed by atoms with Crippen LogP contribution in [-0.4, -0.2) is 86.1 Å². The van der Waals surface area contributed by atoms with E-state index in [1.807, 2.05) is 11.8 Å². The van der Waals surface area contributed by atoms with Crippen LogP contribution in [0.3, 0.4) is 0 Å². The highest BCUT2D eigenvalue weighted by Gasteiger charge is 2.21. The van der Waals surface area contributed by atoms with Crippen molar-refractivity contribution in [2.75, 3.05) is 59.4 Å². The van der Waals surface area contributed by atoms with Crippen LogP contribution in [0.25, 0.3) is 0 Å². The molecule has 1 N–H and O–H groups in total. The predicted octanol–water partition coefficient (Wildman–Crippen LogP) is 0.224. The highest BCUT2D eigenvalue weighted by atomic mass is 16.2. The molecule has 2 aliphatic heterocycles. The lowest BCUT2D eigenvalue weighted by atomic mass is 10.1. The van der Waals surface area contributed by atoms with Gasteiger partial charge in [-0.05, 0) is 33.2 Å². The molecule has 1 amide bonds. The molecule has 2 heterocycles. The number of rotatable bonds is 5. The van der Waals surface area contributed by atoms with Crippen LogP contribution < -0.4 is 5.32 Å². The number of nitrogens with zero attached hydrogens (tertiary/aromatic N) is 3. The molecule has 20 heavy (non-hydrogen) atoms. The van der Waals surface area contributed by atoms with Gasteiger partial charge >= 0.3 is 0 Å². The smallest absolute Gasteiger partial charge is 0.239 e. The van der Waals surface area contributed by atoms with Crippen LogP contribution >= 0.6 is 0 Å². The molecule has 1 atom stereocenters. The van der Waals surface area contributed by atoms with Crippen molar-refractivity contribution in [1.29, 1.82) is 0 Å². The monoisotopic (exact) mass is 282 g/mol. The second kappa shape index (κ2) is 7.96. The van der Waals surface area contributed by atoms with Crippen molar-refractivity contribution in [3.05, 3.63) is 0 Å². The van der Waals surface area contributed by atoms with Crippen LogP contribution in [-0.2, 0) is 4.79 Å². The van der Waals surface area contributed by atoms with Crippen LogP contribution in [0, 0.1) is 0 Å². The zero-order valence-electron chi connectivity index (χ0n) is 13.1. The van der Waals surface area contributed by atoms with Crippen LogP contribution in [0.15, 0.2) is 0 Å². The molecule has 0 aromatic heterocycles. The normalized spacial score (nSPS) is 23.8. The largest absolute Gasteiger partial charge is 0.341 e. The first-order chi connectivity index (χ1) is 9.66. The van der Waals surface area contributed by atoms with Crippen LogP contribution in [0.2, 0.25) is 0 Å². The lowest BCUT2D eigenvalue weighted by molar-refractivity contribution is -0.133. The minimum absolute atomic E-state index is 0.0411. The van der Waals surface area contributed by atoms with E-state index >= 15 is 0 Å². The van der Waals surface area contributed by atoms with E-state index in [0.29, 0.717) is 0 Å². The predicted molar refractivity (Wildman–Crippen MR) is 81.8 cm³/mol. The van der Waals surface area contributed by atoms with E-state index in [0.717, 1.165) is 52.4 Å². The third-order valence-corrected chi connectivity index (χ3v) is 4.51. The highest BCUT2D eigenvalue weighted by molar-refractivity contribution is 5.81. The van der Waals surface area contributed by atoms with Crippen molar-refractivity contribution in [1.82, 2.24) is 20.0 Å². The lowest BCUT2D eigenvalue weighted by Crippen LogP contribution is -2.50. The first-order valence-electron chi connectivity index (χ1n) is 8.10. The van der Waals surface area contributed by atoms with Gasteiger partial charge in [-0.1, -0.05) is 0 Å². The van der Waals surface area contributed by atoms with Crippen molar-refractivity contribution < 1.29 is 4.79 Å². The van der Waals surface area contributed by atoms with Gasteiger partial charge in [-0.25, -0.2) is 0 Å². The van der Waals surface area contributed by atoms with E-state index in [-0.39, 0.29) is 11.9 Å². The van der Waals surface area contributed by atoms with Gasteiger partial charge < -0.3 is 15.1 Å². The van der Waals surface area contributed by atoms with E-state index in [1.165, 1.54) is 19.3 Å². The minimum Gasteiger partial charge on any atom is -0.341 e. The standard InChI is InChI=1S/C15H30N4O/c1-14(15(20)19-7-4-3-5-8-19)16-6-9-18-12-10-17(2)11-13-18/h14,16H,3-13H2,1-2H3. The zero-order valence-corrected chi connectivity index (χ0v) is 13.1. The van der Waals surface area contributed by atoms with E-state index in [1.54, 1.807) is 0 Å². The van der Waals surface area contributed by atoms with Gasteiger partial charge in [0, 0.05) is 52.4 Å². The van der Waals surface area contributed by atoms with Gasteiger partial charge in [0.15, 0.2) is 0 Å². The molecular formula is C15H30N4O. The molecule has 2 rings (SSSR count). The SMILES string of the molecule is CC(NCCN1CCN(C)CC1)C(=O)N1CCCCC1. The molecule has 0 spiro atoms. The fourth-order valence-corrected chi connectivity index (χ4v) is 2.99. The summed E-state index contributed by atoms with van der Waals surface area (Å²) < 4.78 is 0. The summed E-state index contributed by atoms with van der Waals surface area (Å²) in [6, 6.07) is -0.0411. The first-order valence-corrected chi connectivity index (χ1v) is 8.10. The molecule has 2 saturated heterocycles. The zero-order chi connectivity index (χ0) is 14.4. The summed E-state index contributed by atoms with van der Waals surface area (Å²) in [6.45, 7) is 10.5. The van der Waals surface area contributed by atoms with Gasteiger partial charge in [-0.3, -0.25) is 9.69 Å². The molecule has 2 aliphatic rings. The highest BCUT2D eigenvalue weighted by Crippen LogP contribution is 2.09. The Labute approximate surface area is 123 Å². The van der Waals surface area contributed by atoms with E-state index in [4.69, 9.17) is 0 Å². The number of carbonyl (C=O) groups excluding carboxylic acids is 1. The molecule has 0 aromatic carbocycles. The quantitative estimate of drug-likeness (QED) is 0.783. The third kappa shape index (κ3) is 4.72. The summed E-state index contributed by atoms with van der Waals surface area (Å²) in [7, 11) is 2.18. The number of hydrogen-bond acceptors (Lipinski definition) is 4. The number of piperazine rings is 1. The second-order valence-electron chi connectivity index (χ2n) is 6.21. The Kier molecular flexibility index (Phi) is 6.26. The summed E-state index contributed by atoms with van der Waals surface area (Å²) in [5.41, 5.74) is 0. The minimum atomic E-state index is -0.0411. The van der Waals surface area contributed by atoms with Gasteiger partial charge in [0.2, 0.25) is 5.91 Å². The Bertz CT molecular complexity index is 296. The molecule has 0 radical (unpaired) electrons. The summed E-state index contributed by atoms with van der Waals surface area (Å²) in [4.78, 5) is 19.1. The summed E-state index contributed by atoms with van der Waals surface area (Å²) in [6.07, 6.45) is 3.61. The van der Waals surface area contributed by atoms with Crippen molar-refractivity contribution in [3.8, 4) is 0 Å².